The molecule has 4 aromatic rings. The number of hydrogen-bond donors (Lipinski definition) is 1. The normalized spacial score (nSPS) is 10.6. The van der Waals surface area contributed by atoms with Gasteiger partial charge in [0.15, 0.2) is 5.58 Å². The van der Waals surface area contributed by atoms with Crippen LogP contribution in [0.15, 0.2) is 59.5 Å². The average molecular weight is 467 g/mol. The molecule has 2 heterocycles. The van der Waals surface area contributed by atoms with Crippen molar-refractivity contribution >= 4 is 75.4 Å². The zero-order valence-electron chi connectivity index (χ0n) is 15.0. The molecule has 0 spiro atoms. The van der Waals surface area contributed by atoms with E-state index in [1.165, 1.54) is 0 Å². The van der Waals surface area contributed by atoms with Crippen molar-refractivity contribution in [3.05, 3.63) is 82.1 Å². The number of furan rings is 1. The molecule has 0 aliphatic carbocycles. The summed E-state index contributed by atoms with van der Waals surface area (Å²) in [7, 11) is 0. The SMILES string of the molecule is Cc1oc2c(NC(=O)c3c(Cl)cccc3Cl)cccc2c1C(=S)n1ccnc1.Cl. The summed E-state index contributed by atoms with van der Waals surface area (Å²) in [6, 6.07) is 10.4. The summed E-state index contributed by atoms with van der Waals surface area (Å²) in [6.07, 6.45) is 5.06. The fourth-order valence-corrected chi connectivity index (χ4v) is 3.94. The van der Waals surface area contributed by atoms with Crippen molar-refractivity contribution in [1.29, 1.82) is 0 Å². The molecule has 0 aliphatic heterocycles. The number of amides is 1. The number of benzene rings is 2. The van der Waals surface area contributed by atoms with E-state index in [0.717, 1.165) is 10.9 Å². The molecule has 5 nitrogen and oxygen atoms in total. The van der Waals surface area contributed by atoms with E-state index in [9.17, 15) is 4.79 Å². The first-order valence-electron chi connectivity index (χ1n) is 8.27. The molecule has 2 aromatic heterocycles. The van der Waals surface area contributed by atoms with E-state index >= 15 is 0 Å². The molecule has 9 heteroatoms. The summed E-state index contributed by atoms with van der Waals surface area (Å²) < 4.78 is 7.68. The summed E-state index contributed by atoms with van der Waals surface area (Å²) >= 11 is 17.9. The third-order valence-corrected chi connectivity index (χ3v) is 5.33. The zero-order chi connectivity index (χ0) is 19.8. The number of carbonyl (C=O) groups is 1. The van der Waals surface area contributed by atoms with Gasteiger partial charge in [-0.15, -0.1) is 12.4 Å². The molecule has 29 heavy (non-hydrogen) atoms. The van der Waals surface area contributed by atoms with Gasteiger partial charge in [0.2, 0.25) is 0 Å². The second-order valence-corrected chi connectivity index (χ2v) is 7.24. The first kappa shape index (κ1) is 21.3. The molecule has 2 aromatic carbocycles. The number of para-hydroxylation sites is 1. The molecule has 1 amide bonds. The molecule has 0 fully saturated rings. The van der Waals surface area contributed by atoms with Gasteiger partial charge in [-0.2, -0.15) is 0 Å². The summed E-state index contributed by atoms with van der Waals surface area (Å²) in [5, 5.41) is 4.17. The number of nitrogens with one attached hydrogen (secondary N) is 1. The summed E-state index contributed by atoms with van der Waals surface area (Å²) in [5.74, 6) is 0.224. The van der Waals surface area contributed by atoms with E-state index in [1.807, 2.05) is 19.1 Å². The highest BCUT2D eigenvalue weighted by atomic mass is 35.5. The molecule has 0 saturated carbocycles. The minimum absolute atomic E-state index is 0. The number of thiocarbonyl (C=S) groups is 1. The number of imidazole rings is 1. The van der Waals surface area contributed by atoms with Crippen LogP contribution in [0.25, 0.3) is 11.0 Å². The Bertz CT molecular complexity index is 1200. The Morgan fingerprint density at radius 3 is 2.48 bits per heavy atom. The zero-order valence-corrected chi connectivity index (χ0v) is 18.1. The lowest BCUT2D eigenvalue weighted by Gasteiger charge is -2.09. The van der Waals surface area contributed by atoms with Crippen molar-refractivity contribution < 1.29 is 9.21 Å². The van der Waals surface area contributed by atoms with Crippen LogP contribution in [0.1, 0.15) is 21.7 Å². The van der Waals surface area contributed by atoms with Crippen molar-refractivity contribution in [2.24, 2.45) is 0 Å². The number of hydrogen-bond acceptors (Lipinski definition) is 4. The van der Waals surface area contributed by atoms with Crippen LogP contribution >= 0.6 is 47.8 Å². The van der Waals surface area contributed by atoms with Gasteiger partial charge < -0.3 is 9.73 Å². The van der Waals surface area contributed by atoms with Crippen LogP contribution in [0.3, 0.4) is 0 Å². The summed E-state index contributed by atoms with van der Waals surface area (Å²) in [6.45, 7) is 1.83. The van der Waals surface area contributed by atoms with Crippen LogP contribution in [0.5, 0.6) is 0 Å². The Kier molecular flexibility index (Phi) is 6.29. The Hall–Kier alpha value is -2.38. The highest BCUT2D eigenvalue weighted by Crippen LogP contribution is 2.33. The molecular formula is C20H14Cl3N3O2S. The topological polar surface area (TPSA) is 60.1 Å². The van der Waals surface area contributed by atoms with Gasteiger partial charge in [-0.05, 0) is 25.1 Å². The van der Waals surface area contributed by atoms with E-state index in [2.05, 4.69) is 10.3 Å². The van der Waals surface area contributed by atoms with Crippen molar-refractivity contribution in [1.82, 2.24) is 9.55 Å². The number of anilines is 1. The maximum absolute atomic E-state index is 12.8. The monoisotopic (exact) mass is 465 g/mol. The predicted octanol–water partition coefficient (Wildman–Crippen LogP) is 6.14. The number of halogens is 3. The molecule has 0 unspecified atom stereocenters. The third kappa shape index (κ3) is 3.89. The van der Waals surface area contributed by atoms with Gasteiger partial charge in [-0.3, -0.25) is 9.36 Å². The quantitative estimate of drug-likeness (QED) is 0.368. The molecule has 0 aliphatic rings. The fourth-order valence-electron chi connectivity index (χ4n) is 3.01. The van der Waals surface area contributed by atoms with Gasteiger partial charge in [0, 0.05) is 17.8 Å². The first-order valence-corrected chi connectivity index (χ1v) is 9.44. The second kappa shape index (κ2) is 8.55. The van der Waals surface area contributed by atoms with Gasteiger partial charge in [0.05, 0.1) is 33.2 Å². The molecular weight excluding hydrogens is 453 g/mol. The van der Waals surface area contributed by atoms with Crippen LogP contribution in [0.2, 0.25) is 10.0 Å². The lowest BCUT2D eigenvalue weighted by molar-refractivity contribution is 0.102. The number of aryl methyl sites for hydroxylation is 1. The largest absolute Gasteiger partial charge is 0.458 e. The molecule has 4 rings (SSSR count). The van der Waals surface area contributed by atoms with Crippen LogP contribution < -0.4 is 5.32 Å². The third-order valence-electron chi connectivity index (χ3n) is 4.28. The molecule has 0 saturated heterocycles. The van der Waals surface area contributed by atoms with E-state index in [4.69, 9.17) is 39.8 Å². The van der Waals surface area contributed by atoms with E-state index in [-0.39, 0.29) is 28.0 Å². The standard InChI is InChI=1S/C20H13Cl2N3O2S.ClH/c1-11-16(20(28)25-9-8-23-10-25)12-4-2-7-15(18(12)27-11)24-19(26)17-13(21)5-3-6-14(17)22;/h2-10H,1H3,(H,24,26);1H. The highest BCUT2D eigenvalue weighted by molar-refractivity contribution is 7.80. The minimum atomic E-state index is -0.420. The van der Waals surface area contributed by atoms with E-state index in [1.54, 1.807) is 47.6 Å². The van der Waals surface area contributed by atoms with Gasteiger partial charge in [0.1, 0.15) is 10.7 Å². The highest BCUT2D eigenvalue weighted by Gasteiger charge is 2.21. The van der Waals surface area contributed by atoms with Gasteiger partial charge >= 0.3 is 0 Å². The van der Waals surface area contributed by atoms with Crippen molar-refractivity contribution in [2.45, 2.75) is 6.92 Å². The Morgan fingerprint density at radius 1 is 1.14 bits per heavy atom. The van der Waals surface area contributed by atoms with Crippen LogP contribution in [0.4, 0.5) is 5.69 Å². The minimum Gasteiger partial charge on any atom is -0.458 e. The van der Waals surface area contributed by atoms with Crippen molar-refractivity contribution in [2.75, 3.05) is 5.32 Å². The maximum atomic E-state index is 12.8. The first-order chi connectivity index (χ1) is 13.5. The fraction of sp³-hybridized carbons (Fsp3) is 0.0500. The maximum Gasteiger partial charge on any atom is 0.258 e. The predicted molar refractivity (Wildman–Crippen MR) is 122 cm³/mol. The van der Waals surface area contributed by atoms with Crippen LogP contribution in [-0.4, -0.2) is 20.4 Å². The Balaban J connectivity index is 0.00000240. The average Bonchev–Trinajstić information content (AvgIpc) is 3.29. The Labute approximate surface area is 188 Å². The molecule has 148 valence electrons. The van der Waals surface area contributed by atoms with E-state index < -0.39 is 5.91 Å². The number of fused-ring (bicyclic) bond motifs is 1. The Morgan fingerprint density at radius 2 is 1.83 bits per heavy atom. The van der Waals surface area contributed by atoms with Gasteiger partial charge in [-0.1, -0.05) is 53.6 Å². The smallest absolute Gasteiger partial charge is 0.258 e. The van der Waals surface area contributed by atoms with Crippen LogP contribution in [0, 0.1) is 6.92 Å². The van der Waals surface area contributed by atoms with Gasteiger partial charge in [-0.25, -0.2) is 4.98 Å². The van der Waals surface area contributed by atoms with Gasteiger partial charge in [0.25, 0.3) is 5.91 Å². The molecule has 0 radical (unpaired) electrons. The molecule has 0 atom stereocenters. The van der Waals surface area contributed by atoms with Crippen molar-refractivity contribution in [3.63, 3.8) is 0 Å². The molecule has 0 bridgehead atoms. The number of rotatable bonds is 3. The summed E-state index contributed by atoms with van der Waals surface area (Å²) in [5.41, 5.74) is 2.01. The lowest BCUT2D eigenvalue weighted by atomic mass is 10.1. The summed E-state index contributed by atoms with van der Waals surface area (Å²) in [4.78, 5) is 17.3. The number of aromatic nitrogens is 2. The van der Waals surface area contributed by atoms with Crippen LogP contribution in [-0.2, 0) is 0 Å². The molecule has 1 N–H and O–H groups in total. The lowest BCUT2D eigenvalue weighted by Crippen LogP contribution is -2.13. The van der Waals surface area contributed by atoms with E-state index in [0.29, 0.717) is 22.0 Å². The van der Waals surface area contributed by atoms with Crippen molar-refractivity contribution in [3.8, 4) is 0 Å². The number of carbonyl (C=O) groups excluding carboxylic acids is 1. The number of nitrogens with zero attached hydrogens (tertiary/aromatic N) is 2. The second-order valence-electron chi connectivity index (χ2n) is 6.04.